The lowest BCUT2D eigenvalue weighted by atomic mass is 10.1. The van der Waals surface area contributed by atoms with E-state index in [4.69, 9.17) is 5.21 Å². The van der Waals surface area contributed by atoms with Gasteiger partial charge in [-0.05, 0) is 36.8 Å². The molecule has 0 fully saturated rings. The second kappa shape index (κ2) is 6.12. The number of amides is 1. The Labute approximate surface area is 148 Å². The molecule has 0 unspecified atom stereocenters. The maximum absolute atomic E-state index is 13.0. The maximum Gasteiger partial charge on any atom is 0.334 e. The van der Waals surface area contributed by atoms with Crippen LogP contribution in [-0.2, 0) is 6.54 Å². The quantitative estimate of drug-likeness (QED) is 0.438. The summed E-state index contributed by atoms with van der Waals surface area (Å²) >= 11 is 0. The molecule has 0 aliphatic carbocycles. The number of aromatic nitrogens is 3. The van der Waals surface area contributed by atoms with Crippen molar-refractivity contribution >= 4 is 22.5 Å². The highest BCUT2D eigenvalue weighted by molar-refractivity contribution is 5.93. The van der Waals surface area contributed by atoms with E-state index in [2.05, 4.69) is 4.98 Å². The summed E-state index contributed by atoms with van der Waals surface area (Å²) in [6.07, 6.45) is 1.73. The summed E-state index contributed by atoms with van der Waals surface area (Å²) < 4.78 is 3.25. The number of hydrogen-bond acceptors (Lipinski definition) is 4. The second-order valence-electron chi connectivity index (χ2n) is 6.10. The fourth-order valence-electron chi connectivity index (χ4n) is 3.13. The molecule has 7 heteroatoms. The number of nitrogens with zero attached hydrogens (tertiary/aromatic N) is 3. The fourth-order valence-corrected chi connectivity index (χ4v) is 3.13. The predicted octanol–water partition coefficient (Wildman–Crippen LogP) is 2.12. The largest absolute Gasteiger partial charge is 0.334 e. The van der Waals surface area contributed by atoms with Gasteiger partial charge < -0.3 is 0 Å². The second-order valence-corrected chi connectivity index (χ2v) is 6.10. The van der Waals surface area contributed by atoms with Gasteiger partial charge in [-0.3, -0.25) is 19.0 Å². The number of aryl methyl sites for hydroxylation is 1. The number of rotatable bonds is 3. The lowest BCUT2D eigenvalue weighted by Crippen LogP contribution is -2.27. The average molecular weight is 348 g/mol. The molecule has 0 saturated carbocycles. The van der Waals surface area contributed by atoms with E-state index in [1.165, 1.54) is 0 Å². The van der Waals surface area contributed by atoms with Gasteiger partial charge in [-0.15, -0.1) is 0 Å². The maximum atomic E-state index is 13.0. The van der Waals surface area contributed by atoms with E-state index < -0.39 is 5.91 Å². The van der Waals surface area contributed by atoms with Gasteiger partial charge in [0.05, 0.1) is 17.8 Å². The number of hydrogen-bond donors (Lipinski definition) is 2. The minimum atomic E-state index is -0.575. The number of carbonyl (C=O) groups is 1. The number of nitrogens with one attached hydrogen (secondary N) is 1. The molecule has 2 aromatic heterocycles. The SMILES string of the molecule is Cc1cn2c(=O)n(Cc3ccc(C(=O)NO)cc3)c3ccccc3c2n1. The molecule has 2 aromatic carbocycles. The lowest BCUT2D eigenvalue weighted by molar-refractivity contribution is 0.0706. The van der Waals surface area contributed by atoms with Gasteiger partial charge in [0.1, 0.15) is 0 Å². The summed E-state index contributed by atoms with van der Waals surface area (Å²) in [4.78, 5) is 28.9. The Morgan fingerprint density at radius 3 is 2.62 bits per heavy atom. The Bertz CT molecular complexity index is 1190. The molecule has 26 heavy (non-hydrogen) atoms. The average Bonchev–Trinajstić information content (AvgIpc) is 3.07. The van der Waals surface area contributed by atoms with Crippen molar-refractivity contribution in [2.24, 2.45) is 0 Å². The molecular weight excluding hydrogens is 332 g/mol. The summed E-state index contributed by atoms with van der Waals surface area (Å²) in [5.41, 5.74) is 4.87. The predicted molar refractivity (Wildman–Crippen MR) is 96.5 cm³/mol. The summed E-state index contributed by atoms with van der Waals surface area (Å²) in [6.45, 7) is 2.21. The highest BCUT2D eigenvalue weighted by Gasteiger charge is 2.13. The monoisotopic (exact) mass is 348 g/mol. The van der Waals surface area contributed by atoms with Gasteiger partial charge in [0.25, 0.3) is 5.91 Å². The molecule has 1 amide bonds. The third-order valence-corrected chi connectivity index (χ3v) is 4.36. The van der Waals surface area contributed by atoms with Crippen LogP contribution in [0.2, 0.25) is 0 Å². The summed E-state index contributed by atoms with van der Waals surface area (Å²) in [5, 5.41) is 9.60. The van der Waals surface area contributed by atoms with Crippen LogP contribution in [0.3, 0.4) is 0 Å². The normalized spacial score (nSPS) is 11.2. The Balaban J connectivity index is 1.86. The zero-order valence-electron chi connectivity index (χ0n) is 14.0. The first-order valence-electron chi connectivity index (χ1n) is 8.09. The Hall–Kier alpha value is -3.45. The molecule has 4 rings (SSSR count). The molecule has 0 saturated heterocycles. The van der Waals surface area contributed by atoms with Gasteiger partial charge in [-0.1, -0.05) is 24.3 Å². The van der Waals surface area contributed by atoms with E-state index in [9.17, 15) is 9.59 Å². The zero-order chi connectivity index (χ0) is 18.3. The van der Waals surface area contributed by atoms with Gasteiger partial charge in [-0.25, -0.2) is 15.3 Å². The van der Waals surface area contributed by atoms with Crippen molar-refractivity contribution in [1.29, 1.82) is 0 Å². The molecule has 7 nitrogen and oxygen atoms in total. The van der Waals surface area contributed by atoms with Crippen molar-refractivity contribution in [3.63, 3.8) is 0 Å². The number of imidazole rings is 1. The minimum Gasteiger partial charge on any atom is -0.289 e. The molecule has 0 atom stereocenters. The summed E-state index contributed by atoms with van der Waals surface area (Å²) in [7, 11) is 0. The van der Waals surface area contributed by atoms with Crippen LogP contribution in [0.4, 0.5) is 0 Å². The van der Waals surface area contributed by atoms with E-state index in [-0.39, 0.29) is 5.69 Å². The third-order valence-electron chi connectivity index (χ3n) is 4.36. The molecular formula is C19H16N4O3. The topological polar surface area (TPSA) is 88.6 Å². The van der Waals surface area contributed by atoms with Crippen molar-refractivity contribution in [1.82, 2.24) is 19.4 Å². The van der Waals surface area contributed by atoms with Crippen molar-refractivity contribution < 1.29 is 10.0 Å². The number of fused-ring (bicyclic) bond motifs is 3. The molecule has 0 radical (unpaired) electrons. The van der Waals surface area contributed by atoms with Gasteiger partial charge in [0.2, 0.25) is 0 Å². The van der Waals surface area contributed by atoms with Crippen molar-refractivity contribution in [3.05, 3.63) is 82.0 Å². The van der Waals surface area contributed by atoms with E-state index in [0.29, 0.717) is 17.8 Å². The molecule has 0 aliphatic heterocycles. The van der Waals surface area contributed by atoms with Crippen LogP contribution in [0.5, 0.6) is 0 Å². The van der Waals surface area contributed by atoms with Crippen molar-refractivity contribution in [3.8, 4) is 0 Å². The molecule has 0 bridgehead atoms. The molecule has 2 N–H and O–H groups in total. The van der Waals surface area contributed by atoms with E-state index in [1.807, 2.05) is 31.2 Å². The zero-order valence-corrected chi connectivity index (χ0v) is 14.0. The van der Waals surface area contributed by atoms with Crippen LogP contribution in [0.15, 0.2) is 59.5 Å². The van der Waals surface area contributed by atoms with Crippen LogP contribution >= 0.6 is 0 Å². The van der Waals surface area contributed by atoms with Gasteiger partial charge in [0.15, 0.2) is 5.65 Å². The standard InChI is InChI=1S/C19H16N4O3/c1-12-10-23-17(20-12)15-4-2-3-5-16(15)22(19(23)25)11-13-6-8-14(9-7-13)18(24)21-26/h2-10,26H,11H2,1H3,(H,21,24). The Morgan fingerprint density at radius 1 is 1.15 bits per heavy atom. The first-order valence-corrected chi connectivity index (χ1v) is 8.09. The van der Waals surface area contributed by atoms with Crippen LogP contribution in [0.1, 0.15) is 21.6 Å². The van der Waals surface area contributed by atoms with Gasteiger partial charge in [-0.2, -0.15) is 0 Å². The number of carbonyl (C=O) groups excluding carboxylic acids is 1. The molecule has 0 aliphatic rings. The summed E-state index contributed by atoms with van der Waals surface area (Å²) in [5.74, 6) is -0.575. The van der Waals surface area contributed by atoms with E-state index >= 15 is 0 Å². The summed E-state index contributed by atoms with van der Waals surface area (Å²) in [6, 6.07) is 14.4. The van der Waals surface area contributed by atoms with Crippen LogP contribution in [0.25, 0.3) is 16.6 Å². The fraction of sp³-hybridized carbons (Fsp3) is 0.105. The molecule has 130 valence electrons. The Kier molecular flexibility index (Phi) is 3.78. The smallest absolute Gasteiger partial charge is 0.289 e. The third kappa shape index (κ3) is 2.55. The van der Waals surface area contributed by atoms with E-state index in [0.717, 1.165) is 22.2 Å². The van der Waals surface area contributed by atoms with Crippen molar-refractivity contribution in [2.75, 3.05) is 0 Å². The van der Waals surface area contributed by atoms with Gasteiger partial charge in [0, 0.05) is 17.1 Å². The number of benzene rings is 2. The highest BCUT2D eigenvalue weighted by atomic mass is 16.5. The first kappa shape index (κ1) is 16.0. The van der Waals surface area contributed by atoms with Crippen LogP contribution < -0.4 is 11.2 Å². The van der Waals surface area contributed by atoms with Crippen LogP contribution in [0, 0.1) is 6.92 Å². The first-order chi connectivity index (χ1) is 12.6. The minimum absolute atomic E-state index is 0.170. The molecule has 2 heterocycles. The van der Waals surface area contributed by atoms with Crippen LogP contribution in [-0.4, -0.2) is 25.1 Å². The molecule has 0 spiro atoms. The van der Waals surface area contributed by atoms with Gasteiger partial charge >= 0.3 is 5.69 Å². The Morgan fingerprint density at radius 2 is 1.88 bits per heavy atom. The highest BCUT2D eigenvalue weighted by Crippen LogP contribution is 2.19. The number of hydroxylamine groups is 1. The molecule has 4 aromatic rings. The lowest BCUT2D eigenvalue weighted by Gasteiger charge is -2.12. The number of para-hydroxylation sites is 1. The van der Waals surface area contributed by atoms with E-state index in [1.54, 1.807) is 44.9 Å². The van der Waals surface area contributed by atoms with Crippen molar-refractivity contribution in [2.45, 2.75) is 13.5 Å².